The molecule has 1 aliphatic heterocycles. The number of halogens is 4. The summed E-state index contributed by atoms with van der Waals surface area (Å²) in [5.41, 5.74) is 1.51. The summed E-state index contributed by atoms with van der Waals surface area (Å²) in [7, 11) is 0.331. The predicted octanol–water partition coefficient (Wildman–Crippen LogP) is 3.56. The second-order valence-corrected chi connectivity index (χ2v) is 5.13. The Labute approximate surface area is 77.2 Å². The number of alkyl halides is 3. The first-order valence-corrected chi connectivity index (χ1v) is 4.82. The van der Waals surface area contributed by atoms with Gasteiger partial charge < -0.3 is 0 Å². The van der Waals surface area contributed by atoms with Crippen LogP contribution in [-0.4, -0.2) is 6.18 Å². The van der Waals surface area contributed by atoms with Crippen LogP contribution in [0.25, 0.3) is 0 Å². The third-order valence-corrected chi connectivity index (χ3v) is 2.97. The van der Waals surface area contributed by atoms with Gasteiger partial charge in [-0.15, -0.1) is 5.73 Å². The Balaban J connectivity index is 2.98. The van der Waals surface area contributed by atoms with Gasteiger partial charge >= 0.3 is 6.18 Å². The zero-order valence-corrected chi connectivity index (χ0v) is 8.32. The minimum absolute atomic E-state index is 0.331. The molecule has 0 aromatic rings. The van der Waals surface area contributed by atoms with E-state index in [1.807, 2.05) is 22.6 Å². The van der Waals surface area contributed by atoms with Crippen LogP contribution >= 0.6 is 31.2 Å². The fourth-order valence-corrected chi connectivity index (χ4v) is 1.93. The molecule has 0 aliphatic carbocycles. The van der Waals surface area contributed by atoms with E-state index < -0.39 is 11.7 Å². The number of allylic oxidation sites excluding steroid dienone is 2. The van der Waals surface area contributed by atoms with Crippen molar-refractivity contribution in [3.05, 3.63) is 26.5 Å². The number of hydrogen-bond acceptors (Lipinski definition) is 0. The lowest BCUT2D eigenvalue weighted by Gasteiger charge is -2.07. The quantitative estimate of drug-likeness (QED) is 0.363. The van der Waals surface area contributed by atoms with E-state index in [0.29, 0.717) is 11.9 Å². The van der Waals surface area contributed by atoms with E-state index in [4.69, 9.17) is 0 Å². The highest BCUT2D eigenvalue weighted by Crippen LogP contribution is 2.38. The van der Waals surface area contributed by atoms with Crippen LogP contribution in [0.1, 0.15) is 0 Å². The van der Waals surface area contributed by atoms with Crippen molar-refractivity contribution in [1.82, 2.24) is 0 Å². The first-order chi connectivity index (χ1) is 5.00. The largest absolute Gasteiger partial charge is 0.423 e. The van der Waals surface area contributed by atoms with Gasteiger partial charge in [-0.1, -0.05) is 8.58 Å². The van der Waals surface area contributed by atoms with Crippen molar-refractivity contribution >= 4 is 31.2 Å². The Bertz CT molecular complexity index is 257. The molecule has 0 aromatic carbocycles. The monoisotopic (exact) mass is 290 g/mol. The lowest BCUT2D eigenvalue weighted by Crippen LogP contribution is -2.09. The van der Waals surface area contributed by atoms with Crippen LogP contribution in [0.15, 0.2) is 26.5 Å². The van der Waals surface area contributed by atoms with Crippen LogP contribution in [-0.2, 0) is 0 Å². The van der Waals surface area contributed by atoms with Crippen LogP contribution in [0.5, 0.6) is 0 Å². The molecule has 0 N–H and O–H groups in total. The van der Waals surface area contributed by atoms with Crippen molar-refractivity contribution in [3.63, 3.8) is 0 Å². The molecule has 0 radical (unpaired) electrons. The fraction of sp³-hybridized carbons (Fsp3) is 0.167. The minimum Gasteiger partial charge on any atom is -0.165 e. The van der Waals surface area contributed by atoms with Gasteiger partial charge in [0.05, 0.1) is 5.57 Å². The van der Waals surface area contributed by atoms with Crippen molar-refractivity contribution in [2.45, 2.75) is 6.18 Å². The van der Waals surface area contributed by atoms with Crippen molar-refractivity contribution in [1.29, 1.82) is 0 Å². The number of hydrogen-bond donors (Lipinski definition) is 0. The number of rotatable bonds is 0. The van der Waals surface area contributed by atoms with Gasteiger partial charge in [-0.05, 0) is 34.5 Å². The summed E-state index contributed by atoms with van der Waals surface area (Å²) in [6.07, 6.45) is -3.13. The average molecular weight is 290 g/mol. The summed E-state index contributed by atoms with van der Waals surface area (Å²) in [5, 5.41) is 0. The lowest BCUT2D eigenvalue weighted by atomic mass is 10.3. The van der Waals surface area contributed by atoms with E-state index in [-0.39, 0.29) is 0 Å². The predicted molar refractivity (Wildman–Crippen MR) is 48.1 cm³/mol. The van der Waals surface area contributed by atoms with Gasteiger partial charge in [0.1, 0.15) is 0 Å². The molecule has 11 heavy (non-hydrogen) atoms. The molecule has 60 valence electrons. The van der Waals surface area contributed by atoms with Gasteiger partial charge in [0.15, 0.2) is 0 Å². The molecule has 0 amide bonds. The average Bonchev–Trinajstić information content (AvgIpc) is 1.86. The Morgan fingerprint density at radius 2 is 2.09 bits per heavy atom. The smallest absolute Gasteiger partial charge is 0.165 e. The molecule has 0 saturated carbocycles. The van der Waals surface area contributed by atoms with Gasteiger partial charge in [-0.3, -0.25) is 0 Å². The zero-order valence-electron chi connectivity index (χ0n) is 5.17. The standard InChI is InChI=1S/C6H3F3IP/c7-6(8,9)4-1-2-11-5(10)3-4/h2-3,11H. The van der Waals surface area contributed by atoms with Crippen LogP contribution in [0, 0.1) is 0 Å². The molecule has 1 atom stereocenters. The van der Waals surface area contributed by atoms with Crippen molar-refractivity contribution in [2.75, 3.05) is 0 Å². The highest BCUT2D eigenvalue weighted by atomic mass is 127. The zero-order chi connectivity index (χ0) is 8.48. The fourth-order valence-electron chi connectivity index (χ4n) is 0.556. The summed E-state index contributed by atoms with van der Waals surface area (Å²) in [5.74, 6) is 1.42. The van der Waals surface area contributed by atoms with Crippen LogP contribution in [0.4, 0.5) is 13.2 Å². The molecule has 5 heteroatoms. The maximum absolute atomic E-state index is 12.0. The molecule has 1 rings (SSSR count). The Morgan fingerprint density at radius 3 is 2.45 bits per heavy atom. The maximum atomic E-state index is 12.0. The molecular weight excluding hydrogens is 287 g/mol. The van der Waals surface area contributed by atoms with Gasteiger partial charge in [-0.25, -0.2) is 0 Å². The highest BCUT2D eigenvalue weighted by molar-refractivity contribution is 14.1. The van der Waals surface area contributed by atoms with Gasteiger partial charge in [0, 0.05) is 3.32 Å². The summed E-state index contributed by atoms with van der Waals surface area (Å²) < 4.78 is 36.6. The first kappa shape index (κ1) is 9.30. The Kier molecular flexibility index (Phi) is 2.79. The van der Waals surface area contributed by atoms with Crippen LogP contribution < -0.4 is 0 Å². The molecule has 0 aromatic heterocycles. The van der Waals surface area contributed by atoms with E-state index >= 15 is 0 Å². The summed E-state index contributed by atoms with van der Waals surface area (Å²) in [4.78, 5) is 0. The van der Waals surface area contributed by atoms with Gasteiger partial charge in [0.25, 0.3) is 0 Å². The highest BCUT2D eigenvalue weighted by Gasteiger charge is 2.32. The lowest BCUT2D eigenvalue weighted by molar-refractivity contribution is -0.0879. The minimum atomic E-state index is -4.25. The molecule has 1 unspecified atom stereocenters. The van der Waals surface area contributed by atoms with Crippen LogP contribution in [0.2, 0.25) is 0 Å². The molecule has 0 fully saturated rings. The third kappa shape index (κ3) is 2.62. The summed E-state index contributed by atoms with van der Waals surface area (Å²) in [6, 6.07) is 0. The van der Waals surface area contributed by atoms with Crippen molar-refractivity contribution in [3.8, 4) is 0 Å². The molecule has 0 nitrogen and oxygen atoms in total. The maximum Gasteiger partial charge on any atom is 0.423 e. The summed E-state index contributed by atoms with van der Waals surface area (Å²) >= 11 is 1.89. The van der Waals surface area contributed by atoms with E-state index in [2.05, 4.69) is 5.73 Å². The third-order valence-electron chi connectivity index (χ3n) is 1.01. The van der Waals surface area contributed by atoms with Crippen molar-refractivity contribution in [2.24, 2.45) is 0 Å². The second kappa shape index (κ2) is 3.30. The molecule has 0 saturated heterocycles. The Morgan fingerprint density at radius 1 is 1.45 bits per heavy atom. The second-order valence-electron chi connectivity index (χ2n) is 1.84. The normalized spacial score (nSPS) is 20.0. The molecule has 1 heterocycles. The van der Waals surface area contributed by atoms with E-state index in [0.717, 1.165) is 6.08 Å². The molecule has 0 bridgehead atoms. The van der Waals surface area contributed by atoms with Crippen molar-refractivity contribution < 1.29 is 13.2 Å². The molecule has 1 aliphatic rings. The van der Waals surface area contributed by atoms with E-state index in [9.17, 15) is 13.2 Å². The Hall–Kier alpha value is 0.210. The SMILES string of the molecule is FC(F)(F)C1=C=CPC(I)=C1. The molecule has 0 spiro atoms. The van der Waals surface area contributed by atoms with E-state index in [1.165, 1.54) is 5.82 Å². The van der Waals surface area contributed by atoms with Crippen LogP contribution in [0.3, 0.4) is 0 Å². The topological polar surface area (TPSA) is 0 Å². The first-order valence-electron chi connectivity index (χ1n) is 2.66. The van der Waals surface area contributed by atoms with Gasteiger partial charge in [-0.2, -0.15) is 13.2 Å². The van der Waals surface area contributed by atoms with Gasteiger partial charge in [0.2, 0.25) is 0 Å². The molecular formula is C6H3F3IP. The van der Waals surface area contributed by atoms with E-state index in [1.54, 1.807) is 0 Å². The summed E-state index contributed by atoms with van der Waals surface area (Å²) in [6.45, 7) is 0.